The molecule has 1 aliphatic carbocycles. The van der Waals surface area contributed by atoms with Crippen LogP contribution in [0.4, 0.5) is 0 Å². The molecule has 1 aromatic carbocycles. The number of hydrogen-bond donors (Lipinski definition) is 1. The van der Waals surface area contributed by atoms with Gasteiger partial charge in [-0.2, -0.15) is 0 Å². The fourth-order valence-corrected chi connectivity index (χ4v) is 3.83. The maximum absolute atomic E-state index is 10.8. The molecule has 0 spiro atoms. The molecular formula is C18H17NOS. The van der Waals surface area contributed by atoms with Crippen molar-refractivity contribution in [2.24, 2.45) is 0 Å². The molecule has 2 aromatic heterocycles. The van der Waals surface area contributed by atoms with Crippen LogP contribution < -0.4 is 0 Å². The summed E-state index contributed by atoms with van der Waals surface area (Å²) in [5, 5.41) is 12.8. The Labute approximate surface area is 128 Å². The number of aliphatic hydroxyl groups is 1. The van der Waals surface area contributed by atoms with E-state index in [0.29, 0.717) is 5.92 Å². The second kappa shape index (κ2) is 5.24. The van der Waals surface area contributed by atoms with Crippen LogP contribution in [0.1, 0.15) is 48.0 Å². The summed E-state index contributed by atoms with van der Waals surface area (Å²) in [5.74, 6) is 0.620. The SMILES string of the molecule is OC(c1cnc2ccsc2c1)c1ccccc1C1CCC1. The molecule has 3 heteroatoms. The maximum Gasteiger partial charge on any atom is 0.106 e. The Morgan fingerprint density at radius 1 is 1.19 bits per heavy atom. The summed E-state index contributed by atoms with van der Waals surface area (Å²) in [6.07, 6.45) is 5.01. The van der Waals surface area contributed by atoms with Crippen molar-refractivity contribution in [1.29, 1.82) is 0 Å². The number of hydrogen-bond acceptors (Lipinski definition) is 3. The number of nitrogens with zero attached hydrogens (tertiary/aromatic N) is 1. The van der Waals surface area contributed by atoms with Gasteiger partial charge in [-0.05, 0) is 47.4 Å². The van der Waals surface area contributed by atoms with Crippen molar-refractivity contribution in [2.75, 3.05) is 0 Å². The quantitative estimate of drug-likeness (QED) is 0.763. The van der Waals surface area contributed by atoms with Crippen LogP contribution in [0.15, 0.2) is 48.0 Å². The molecule has 0 bridgehead atoms. The molecule has 1 aliphatic rings. The van der Waals surface area contributed by atoms with E-state index in [2.05, 4.69) is 29.2 Å². The Hall–Kier alpha value is -1.71. The molecule has 21 heavy (non-hydrogen) atoms. The Bertz CT molecular complexity index is 775. The molecule has 106 valence electrons. The summed E-state index contributed by atoms with van der Waals surface area (Å²) in [4.78, 5) is 4.45. The average molecular weight is 295 g/mol. The van der Waals surface area contributed by atoms with Gasteiger partial charge in [0.25, 0.3) is 0 Å². The summed E-state index contributed by atoms with van der Waals surface area (Å²) < 4.78 is 1.13. The molecule has 2 heterocycles. The number of rotatable bonds is 3. The standard InChI is InChI=1S/C18H17NOS/c20-18(13-10-17-16(19-11-13)8-9-21-17)15-7-2-1-6-14(15)12-4-3-5-12/h1-2,6-12,18,20H,3-5H2. The molecule has 1 unspecified atom stereocenters. The van der Waals surface area contributed by atoms with Crippen molar-refractivity contribution in [3.8, 4) is 0 Å². The molecule has 4 rings (SSSR count). The number of fused-ring (bicyclic) bond motifs is 1. The van der Waals surface area contributed by atoms with E-state index in [9.17, 15) is 5.11 Å². The molecule has 1 saturated carbocycles. The van der Waals surface area contributed by atoms with E-state index in [1.807, 2.05) is 17.5 Å². The van der Waals surface area contributed by atoms with Crippen LogP contribution in [-0.2, 0) is 0 Å². The van der Waals surface area contributed by atoms with Crippen LogP contribution in [-0.4, -0.2) is 10.1 Å². The first kappa shape index (κ1) is 13.0. The lowest BCUT2D eigenvalue weighted by atomic mass is 9.77. The average Bonchev–Trinajstić information content (AvgIpc) is 2.92. The first-order chi connectivity index (χ1) is 10.3. The molecule has 1 atom stereocenters. The number of thiophene rings is 1. The normalized spacial score (nSPS) is 16.8. The lowest BCUT2D eigenvalue weighted by molar-refractivity contribution is 0.217. The molecule has 0 saturated heterocycles. The second-order valence-corrected chi connectivity index (χ2v) is 6.68. The van der Waals surface area contributed by atoms with Gasteiger partial charge in [-0.25, -0.2) is 0 Å². The summed E-state index contributed by atoms with van der Waals surface area (Å²) in [6, 6.07) is 12.4. The van der Waals surface area contributed by atoms with Gasteiger partial charge >= 0.3 is 0 Å². The molecule has 0 radical (unpaired) electrons. The van der Waals surface area contributed by atoms with Crippen molar-refractivity contribution < 1.29 is 5.11 Å². The zero-order valence-corrected chi connectivity index (χ0v) is 12.5. The number of benzene rings is 1. The largest absolute Gasteiger partial charge is 0.384 e. The third-order valence-electron chi connectivity index (χ3n) is 4.48. The predicted octanol–water partition coefficient (Wildman–Crippen LogP) is 4.65. The van der Waals surface area contributed by atoms with Crippen molar-refractivity contribution in [3.63, 3.8) is 0 Å². The lowest BCUT2D eigenvalue weighted by Gasteiger charge is -2.29. The van der Waals surface area contributed by atoms with Gasteiger partial charge in [0.15, 0.2) is 0 Å². The second-order valence-electron chi connectivity index (χ2n) is 5.73. The van der Waals surface area contributed by atoms with E-state index in [1.165, 1.54) is 24.8 Å². The first-order valence-electron chi connectivity index (χ1n) is 7.43. The smallest absolute Gasteiger partial charge is 0.106 e. The minimum Gasteiger partial charge on any atom is -0.384 e. The molecule has 0 aliphatic heterocycles. The number of pyridine rings is 1. The highest BCUT2D eigenvalue weighted by atomic mass is 32.1. The first-order valence-corrected chi connectivity index (χ1v) is 8.31. The van der Waals surface area contributed by atoms with Crippen LogP contribution in [0.2, 0.25) is 0 Å². The van der Waals surface area contributed by atoms with E-state index in [4.69, 9.17) is 0 Å². The van der Waals surface area contributed by atoms with Crippen LogP contribution in [0, 0.1) is 0 Å². The molecule has 3 aromatic rings. The highest BCUT2D eigenvalue weighted by Crippen LogP contribution is 2.40. The highest BCUT2D eigenvalue weighted by Gasteiger charge is 2.25. The number of aliphatic hydroxyl groups excluding tert-OH is 1. The van der Waals surface area contributed by atoms with E-state index in [1.54, 1.807) is 17.5 Å². The predicted molar refractivity (Wildman–Crippen MR) is 86.7 cm³/mol. The van der Waals surface area contributed by atoms with Gasteiger partial charge in [0.05, 0.1) is 10.2 Å². The lowest BCUT2D eigenvalue weighted by Crippen LogP contribution is -2.13. The van der Waals surface area contributed by atoms with Crippen molar-refractivity contribution in [1.82, 2.24) is 4.98 Å². The Kier molecular flexibility index (Phi) is 3.24. The number of aromatic nitrogens is 1. The van der Waals surface area contributed by atoms with E-state index in [-0.39, 0.29) is 0 Å². The van der Waals surface area contributed by atoms with Gasteiger partial charge in [0.2, 0.25) is 0 Å². The minimum absolute atomic E-state index is 0.583. The van der Waals surface area contributed by atoms with Crippen LogP contribution >= 0.6 is 11.3 Å². The van der Waals surface area contributed by atoms with Crippen molar-refractivity contribution in [3.05, 3.63) is 64.7 Å². The monoisotopic (exact) mass is 295 g/mol. The zero-order chi connectivity index (χ0) is 14.2. The highest BCUT2D eigenvalue weighted by molar-refractivity contribution is 7.17. The third kappa shape index (κ3) is 2.27. The molecule has 1 fully saturated rings. The van der Waals surface area contributed by atoms with Crippen LogP contribution in [0.3, 0.4) is 0 Å². The topological polar surface area (TPSA) is 33.1 Å². The maximum atomic E-state index is 10.8. The summed E-state index contributed by atoms with van der Waals surface area (Å²) in [7, 11) is 0. The van der Waals surface area contributed by atoms with Gasteiger partial charge in [0, 0.05) is 11.8 Å². The third-order valence-corrected chi connectivity index (χ3v) is 5.33. The Balaban J connectivity index is 1.75. The van der Waals surface area contributed by atoms with E-state index in [0.717, 1.165) is 21.3 Å². The fraction of sp³-hybridized carbons (Fsp3) is 0.278. The van der Waals surface area contributed by atoms with Crippen molar-refractivity contribution in [2.45, 2.75) is 31.3 Å². The zero-order valence-electron chi connectivity index (χ0n) is 11.7. The van der Waals surface area contributed by atoms with Gasteiger partial charge in [-0.15, -0.1) is 11.3 Å². The summed E-state index contributed by atoms with van der Waals surface area (Å²) in [6.45, 7) is 0. The van der Waals surface area contributed by atoms with E-state index < -0.39 is 6.10 Å². The van der Waals surface area contributed by atoms with Crippen LogP contribution in [0.5, 0.6) is 0 Å². The Morgan fingerprint density at radius 3 is 2.86 bits per heavy atom. The molecule has 0 amide bonds. The minimum atomic E-state index is -0.583. The van der Waals surface area contributed by atoms with Crippen LogP contribution in [0.25, 0.3) is 10.2 Å². The molecular weight excluding hydrogens is 278 g/mol. The van der Waals surface area contributed by atoms with Gasteiger partial charge in [-0.1, -0.05) is 30.7 Å². The molecule has 1 N–H and O–H groups in total. The van der Waals surface area contributed by atoms with Gasteiger partial charge < -0.3 is 5.11 Å². The van der Waals surface area contributed by atoms with Gasteiger partial charge in [-0.3, -0.25) is 4.98 Å². The van der Waals surface area contributed by atoms with Crippen molar-refractivity contribution >= 4 is 21.6 Å². The van der Waals surface area contributed by atoms with Gasteiger partial charge in [0.1, 0.15) is 6.10 Å². The summed E-state index contributed by atoms with van der Waals surface area (Å²) >= 11 is 1.67. The molecule has 2 nitrogen and oxygen atoms in total. The Morgan fingerprint density at radius 2 is 2.05 bits per heavy atom. The fourth-order valence-electron chi connectivity index (χ4n) is 3.04. The summed E-state index contributed by atoms with van der Waals surface area (Å²) in [5.41, 5.74) is 4.24. The van der Waals surface area contributed by atoms with E-state index >= 15 is 0 Å².